The Bertz CT molecular complexity index is 886. The van der Waals surface area contributed by atoms with Gasteiger partial charge in [-0.2, -0.15) is 0 Å². The number of amides is 2. The summed E-state index contributed by atoms with van der Waals surface area (Å²) in [7, 11) is 3.30. The molecule has 0 aromatic heterocycles. The number of nitrogens with zero attached hydrogens (tertiary/aromatic N) is 2. The average Bonchev–Trinajstić information content (AvgIpc) is 3.25. The second-order valence-electron chi connectivity index (χ2n) is 9.43. The van der Waals surface area contributed by atoms with Crippen LogP contribution in [0.25, 0.3) is 0 Å². The molecule has 1 aromatic carbocycles. The Morgan fingerprint density at radius 2 is 2.00 bits per heavy atom. The van der Waals surface area contributed by atoms with Gasteiger partial charge in [0.25, 0.3) is 0 Å². The topological polar surface area (TPSA) is 97.0 Å². The third-order valence-corrected chi connectivity index (χ3v) is 6.36. The highest BCUT2D eigenvalue weighted by Crippen LogP contribution is 2.31. The summed E-state index contributed by atoms with van der Waals surface area (Å²) in [5, 5.41) is 3.09. The molecule has 3 atom stereocenters. The molecule has 0 aliphatic carbocycles. The van der Waals surface area contributed by atoms with E-state index in [0.717, 1.165) is 23.3 Å². The first kappa shape index (κ1) is 25.4. The van der Waals surface area contributed by atoms with E-state index in [2.05, 4.69) is 31.1 Å². The highest BCUT2D eigenvalue weighted by Gasteiger charge is 2.39. The number of nitrogens with two attached hydrogens (primary N) is 1. The second-order valence-corrected chi connectivity index (χ2v) is 9.43. The molecule has 32 heavy (non-hydrogen) atoms. The van der Waals surface area contributed by atoms with Gasteiger partial charge in [-0.1, -0.05) is 39.8 Å². The minimum Gasteiger partial charge on any atom is -0.496 e. The van der Waals surface area contributed by atoms with E-state index in [1.54, 1.807) is 25.1 Å². The number of likely N-dealkylation sites (tertiary alicyclic amines) is 1. The summed E-state index contributed by atoms with van der Waals surface area (Å²) in [4.78, 5) is 32.2. The maximum absolute atomic E-state index is 13.1. The molecule has 0 unspecified atom stereocenters. The molecule has 7 heteroatoms. The molecule has 0 radical (unpaired) electrons. The highest BCUT2D eigenvalue weighted by atomic mass is 16.5. The lowest BCUT2D eigenvalue weighted by Crippen LogP contribution is -2.49. The third-order valence-electron chi connectivity index (χ3n) is 6.36. The number of hydrogen-bond acceptors (Lipinski definition) is 5. The van der Waals surface area contributed by atoms with Gasteiger partial charge in [-0.15, -0.1) is 0 Å². The summed E-state index contributed by atoms with van der Waals surface area (Å²) in [5.74, 6) is 0.419. The molecular formula is C25H38N4O3. The van der Waals surface area contributed by atoms with E-state index in [0.29, 0.717) is 18.7 Å². The van der Waals surface area contributed by atoms with Gasteiger partial charge in [0.15, 0.2) is 0 Å². The van der Waals surface area contributed by atoms with Gasteiger partial charge in [0.1, 0.15) is 11.8 Å². The van der Waals surface area contributed by atoms with Crippen LogP contribution in [-0.4, -0.2) is 49.2 Å². The number of rotatable bonds is 7. The molecule has 1 fully saturated rings. The fraction of sp³-hybridized carbons (Fsp3) is 0.560. The molecular weight excluding hydrogens is 404 g/mol. The van der Waals surface area contributed by atoms with Gasteiger partial charge >= 0.3 is 0 Å². The van der Waals surface area contributed by atoms with Crippen LogP contribution in [-0.2, 0) is 9.59 Å². The summed E-state index contributed by atoms with van der Waals surface area (Å²) >= 11 is 0. The Hall–Kier alpha value is -2.83. The normalized spacial score (nSPS) is 19.2. The molecule has 1 heterocycles. The molecule has 0 spiro atoms. The van der Waals surface area contributed by atoms with Crippen molar-refractivity contribution in [3.8, 4) is 5.75 Å². The Balaban J connectivity index is 2.18. The zero-order chi connectivity index (χ0) is 24.1. The van der Waals surface area contributed by atoms with Gasteiger partial charge < -0.3 is 20.7 Å². The summed E-state index contributed by atoms with van der Waals surface area (Å²) < 4.78 is 5.59. The lowest BCUT2D eigenvalue weighted by atomic mass is 9.81. The number of nitrogens with one attached hydrogen (secondary N) is 1. The number of allylic oxidation sites excluding steroid dienone is 1. The molecule has 1 aliphatic rings. The maximum Gasteiger partial charge on any atom is 0.243 e. The lowest BCUT2D eigenvalue weighted by molar-refractivity contribution is -0.144. The first-order valence-electron chi connectivity index (χ1n) is 11.2. The molecule has 1 aromatic rings. The van der Waals surface area contributed by atoms with Crippen LogP contribution in [0.2, 0.25) is 0 Å². The predicted octanol–water partition coefficient (Wildman–Crippen LogP) is 3.44. The van der Waals surface area contributed by atoms with Gasteiger partial charge in [-0.25, -0.2) is 0 Å². The molecule has 1 saturated heterocycles. The van der Waals surface area contributed by atoms with Crippen molar-refractivity contribution in [3.05, 3.63) is 41.6 Å². The van der Waals surface area contributed by atoms with Crippen LogP contribution >= 0.6 is 0 Å². The zero-order valence-corrected chi connectivity index (χ0v) is 20.4. The number of carbonyl (C=O) groups is 2. The van der Waals surface area contributed by atoms with E-state index in [-0.39, 0.29) is 29.2 Å². The summed E-state index contributed by atoms with van der Waals surface area (Å²) in [5.41, 5.74) is 7.83. The fourth-order valence-electron chi connectivity index (χ4n) is 3.93. The van der Waals surface area contributed by atoms with Crippen molar-refractivity contribution >= 4 is 17.5 Å². The van der Waals surface area contributed by atoms with Crippen LogP contribution in [0.3, 0.4) is 0 Å². The summed E-state index contributed by atoms with van der Waals surface area (Å²) in [6.07, 6.45) is 4.69. The van der Waals surface area contributed by atoms with E-state index < -0.39 is 6.04 Å². The van der Waals surface area contributed by atoms with Crippen LogP contribution in [0.15, 0.2) is 35.5 Å². The summed E-state index contributed by atoms with van der Waals surface area (Å²) in [6, 6.07) is 5.02. The van der Waals surface area contributed by atoms with E-state index in [1.807, 2.05) is 32.0 Å². The smallest absolute Gasteiger partial charge is 0.243 e. The number of benzene rings is 1. The number of aliphatic imine (C=N–C) groups is 1. The Morgan fingerprint density at radius 3 is 2.56 bits per heavy atom. The lowest BCUT2D eigenvalue weighted by Gasteiger charge is -2.33. The Kier molecular flexibility index (Phi) is 8.47. The predicted molar refractivity (Wildman–Crippen MR) is 129 cm³/mol. The van der Waals surface area contributed by atoms with Crippen LogP contribution in [0, 0.1) is 11.3 Å². The second kappa shape index (κ2) is 10.7. The SMILES string of the molecule is CN=C(C=CN)c1ccc([C@@H](C)NC(=O)[C@@H]2CCCN2C(=O)[C@@H](C)C(C)(C)C)c(OC)c1. The average molecular weight is 443 g/mol. The van der Waals surface area contributed by atoms with Crippen molar-refractivity contribution < 1.29 is 14.3 Å². The van der Waals surface area contributed by atoms with Crippen molar-refractivity contribution in [2.24, 2.45) is 22.1 Å². The van der Waals surface area contributed by atoms with E-state index in [9.17, 15) is 9.59 Å². The van der Waals surface area contributed by atoms with Gasteiger partial charge in [0, 0.05) is 30.6 Å². The van der Waals surface area contributed by atoms with Crippen LogP contribution in [0.1, 0.15) is 64.6 Å². The van der Waals surface area contributed by atoms with Gasteiger partial charge in [0.05, 0.1) is 18.9 Å². The fourth-order valence-corrected chi connectivity index (χ4v) is 3.93. The Morgan fingerprint density at radius 1 is 1.31 bits per heavy atom. The van der Waals surface area contributed by atoms with Crippen LogP contribution in [0.5, 0.6) is 5.75 Å². The molecule has 7 nitrogen and oxygen atoms in total. The van der Waals surface area contributed by atoms with Crippen molar-refractivity contribution in [3.63, 3.8) is 0 Å². The van der Waals surface area contributed by atoms with Gasteiger partial charge in [-0.3, -0.25) is 14.6 Å². The minimum atomic E-state index is -0.437. The van der Waals surface area contributed by atoms with E-state index in [4.69, 9.17) is 10.5 Å². The monoisotopic (exact) mass is 442 g/mol. The quantitative estimate of drug-likeness (QED) is 0.632. The Labute approximate surface area is 192 Å². The molecule has 2 rings (SSSR count). The minimum absolute atomic E-state index is 0.0454. The zero-order valence-electron chi connectivity index (χ0n) is 20.4. The van der Waals surface area contributed by atoms with Crippen molar-refractivity contribution in [2.45, 2.75) is 59.5 Å². The molecule has 0 saturated carbocycles. The number of methoxy groups -OCH3 is 1. The van der Waals surface area contributed by atoms with Gasteiger partial charge in [0.2, 0.25) is 11.8 Å². The highest BCUT2D eigenvalue weighted by molar-refractivity contribution is 6.08. The first-order valence-corrected chi connectivity index (χ1v) is 11.2. The maximum atomic E-state index is 13.1. The number of hydrogen-bond donors (Lipinski definition) is 2. The van der Waals surface area contributed by atoms with Crippen molar-refractivity contribution in [2.75, 3.05) is 20.7 Å². The van der Waals surface area contributed by atoms with E-state index >= 15 is 0 Å². The molecule has 3 N–H and O–H groups in total. The number of ether oxygens (including phenoxy) is 1. The van der Waals surface area contributed by atoms with Gasteiger partial charge in [-0.05, 0) is 43.5 Å². The van der Waals surface area contributed by atoms with Crippen molar-refractivity contribution in [1.29, 1.82) is 0 Å². The molecule has 176 valence electrons. The third kappa shape index (κ3) is 5.69. The molecule has 0 bridgehead atoms. The molecule has 1 aliphatic heterocycles. The van der Waals surface area contributed by atoms with Crippen LogP contribution < -0.4 is 15.8 Å². The summed E-state index contributed by atoms with van der Waals surface area (Å²) in [6.45, 7) is 10.6. The first-order chi connectivity index (χ1) is 15.0. The number of carbonyl (C=O) groups excluding carboxylic acids is 2. The van der Waals surface area contributed by atoms with Crippen molar-refractivity contribution in [1.82, 2.24) is 10.2 Å². The molecule has 2 amide bonds. The van der Waals surface area contributed by atoms with Crippen LogP contribution in [0.4, 0.5) is 0 Å². The standard InChI is InChI=1S/C25H38N4O3/c1-16(25(3,4)5)24(31)29-14-8-9-21(29)23(30)28-17(2)19-11-10-18(15-22(19)32-7)20(27-6)12-13-26/h10-13,15-17,21H,8-9,14,26H2,1-7H3,(H,28,30)/t16-,17-,21+/m1/s1. The van der Waals surface area contributed by atoms with E-state index in [1.165, 1.54) is 6.20 Å². The largest absolute Gasteiger partial charge is 0.496 e.